The Balaban J connectivity index is 1.59. The van der Waals surface area contributed by atoms with Crippen molar-refractivity contribution in [2.24, 2.45) is 0 Å². The van der Waals surface area contributed by atoms with Gasteiger partial charge in [0.2, 0.25) is 0 Å². The minimum Gasteiger partial charge on any atom is -0.395 e. The lowest BCUT2D eigenvalue weighted by Gasteiger charge is -2.21. The molecule has 0 unspecified atom stereocenters. The minimum atomic E-state index is -3.47. The van der Waals surface area contributed by atoms with Crippen LogP contribution >= 0.6 is 0 Å². The lowest BCUT2D eigenvalue weighted by atomic mass is 10.0. The highest BCUT2D eigenvalue weighted by molar-refractivity contribution is 7.91. The second kappa shape index (κ2) is 7.61. The van der Waals surface area contributed by atoms with Gasteiger partial charge in [0, 0.05) is 22.9 Å². The van der Waals surface area contributed by atoms with E-state index < -0.39 is 28.4 Å². The Morgan fingerprint density at radius 1 is 1.21 bits per heavy atom. The van der Waals surface area contributed by atoms with Crippen LogP contribution in [0.2, 0.25) is 0 Å². The number of aliphatic hydroxyl groups is 1. The standard InChI is InChI=1S/C21H21FN2O4S/c22-15-5-6-18-14(9-15)11-20(23-18)21(26)24-19-10-13-3-1-2-4-16(13)17(19)12-29(27,28)8-7-25/h1-6,9,11,17,19,23,25H,7-8,10,12H2,(H,24,26)/t17-,19-/m1/s1. The average Bonchev–Trinajstić information content (AvgIpc) is 3.23. The first-order chi connectivity index (χ1) is 13.9. The largest absolute Gasteiger partial charge is 0.395 e. The highest BCUT2D eigenvalue weighted by Crippen LogP contribution is 2.34. The van der Waals surface area contributed by atoms with Crippen molar-refractivity contribution in [3.05, 3.63) is 71.2 Å². The molecule has 1 aromatic heterocycles. The summed E-state index contributed by atoms with van der Waals surface area (Å²) in [5.41, 5.74) is 2.84. The first kappa shape index (κ1) is 19.6. The fraction of sp³-hybridized carbons (Fsp3) is 0.286. The predicted octanol–water partition coefficient (Wildman–Crippen LogP) is 2.15. The molecule has 3 aromatic rings. The van der Waals surface area contributed by atoms with Crippen LogP contribution < -0.4 is 5.32 Å². The number of aliphatic hydroxyl groups excluding tert-OH is 1. The van der Waals surface area contributed by atoms with E-state index in [4.69, 9.17) is 5.11 Å². The minimum absolute atomic E-state index is 0.145. The third-order valence-corrected chi connectivity index (χ3v) is 7.03. The predicted molar refractivity (Wildman–Crippen MR) is 108 cm³/mol. The molecule has 152 valence electrons. The number of rotatable bonds is 6. The van der Waals surface area contributed by atoms with Gasteiger partial charge in [0.15, 0.2) is 9.84 Å². The Morgan fingerprint density at radius 3 is 2.79 bits per heavy atom. The van der Waals surface area contributed by atoms with E-state index in [1.54, 1.807) is 12.1 Å². The number of hydrogen-bond donors (Lipinski definition) is 3. The zero-order valence-electron chi connectivity index (χ0n) is 15.6. The van der Waals surface area contributed by atoms with Crippen LogP contribution in [0, 0.1) is 5.82 Å². The summed E-state index contributed by atoms with van der Waals surface area (Å²) in [6.45, 7) is -0.431. The van der Waals surface area contributed by atoms with E-state index in [-0.39, 0.29) is 23.2 Å². The smallest absolute Gasteiger partial charge is 0.267 e. The van der Waals surface area contributed by atoms with Gasteiger partial charge in [-0.3, -0.25) is 4.79 Å². The number of fused-ring (bicyclic) bond motifs is 2. The Kier molecular flexibility index (Phi) is 5.14. The Bertz CT molecular complexity index is 1170. The van der Waals surface area contributed by atoms with Crippen molar-refractivity contribution in [3.63, 3.8) is 0 Å². The van der Waals surface area contributed by atoms with Gasteiger partial charge in [-0.25, -0.2) is 12.8 Å². The fourth-order valence-corrected chi connectivity index (χ4v) is 5.41. The van der Waals surface area contributed by atoms with E-state index in [9.17, 15) is 17.6 Å². The first-order valence-corrected chi connectivity index (χ1v) is 11.2. The first-order valence-electron chi connectivity index (χ1n) is 9.34. The molecule has 2 aromatic carbocycles. The normalized spacial score (nSPS) is 18.7. The number of carbonyl (C=O) groups is 1. The van der Waals surface area contributed by atoms with Gasteiger partial charge in [0.05, 0.1) is 18.1 Å². The van der Waals surface area contributed by atoms with Gasteiger partial charge in [-0.2, -0.15) is 0 Å². The van der Waals surface area contributed by atoms with E-state index >= 15 is 0 Å². The maximum Gasteiger partial charge on any atom is 0.267 e. The summed E-state index contributed by atoms with van der Waals surface area (Å²) in [6.07, 6.45) is 0.524. The van der Waals surface area contributed by atoms with Crippen molar-refractivity contribution in [2.45, 2.75) is 18.4 Å². The quantitative estimate of drug-likeness (QED) is 0.573. The molecule has 0 spiro atoms. The van der Waals surface area contributed by atoms with Crippen molar-refractivity contribution < 1.29 is 22.7 Å². The second-order valence-electron chi connectivity index (χ2n) is 7.34. The van der Waals surface area contributed by atoms with Crippen LogP contribution in [0.3, 0.4) is 0 Å². The van der Waals surface area contributed by atoms with E-state index in [1.165, 1.54) is 12.1 Å². The van der Waals surface area contributed by atoms with Crippen molar-refractivity contribution >= 4 is 26.6 Å². The van der Waals surface area contributed by atoms with Gasteiger partial charge in [-0.15, -0.1) is 0 Å². The molecule has 2 atom stereocenters. The highest BCUT2D eigenvalue weighted by atomic mass is 32.2. The molecule has 1 amide bonds. The van der Waals surface area contributed by atoms with Gasteiger partial charge in [0.1, 0.15) is 11.5 Å². The molecular weight excluding hydrogens is 395 g/mol. The van der Waals surface area contributed by atoms with Crippen LogP contribution in [0.5, 0.6) is 0 Å². The third kappa shape index (κ3) is 4.04. The molecule has 4 rings (SSSR count). The van der Waals surface area contributed by atoms with Crippen molar-refractivity contribution in [3.8, 4) is 0 Å². The van der Waals surface area contributed by atoms with Crippen LogP contribution in [0.1, 0.15) is 27.5 Å². The van der Waals surface area contributed by atoms with Crippen molar-refractivity contribution in [1.29, 1.82) is 0 Å². The molecular formula is C21H21FN2O4S. The Hall–Kier alpha value is -2.71. The van der Waals surface area contributed by atoms with Crippen molar-refractivity contribution in [2.75, 3.05) is 18.1 Å². The molecule has 0 radical (unpaired) electrons. The zero-order valence-corrected chi connectivity index (χ0v) is 16.4. The summed E-state index contributed by atoms with van der Waals surface area (Å²) in [5, 5.41) is 12.6. The molecule has 6 nitrogen and oxygen atoms in total. The number of aromatic amines is 1. The number of H-pyrrole nitrogens is 1. The maximum absolute atomic E-state index is 13.4. The number of amides is 1. The van der Waals surface area contributed by atoms with Crippen LogP contribution in [-0.4, -0.2) is 48.6 Å². The molecule has 3 N–H and O–H groups in total. The number of nitrogens with one attached hydrogen (secondary N) is 2. The lowest BCUT2D eigenvalue weighted by molar-refractivity contribution is 0.0930. The van der Waals surface area contributed by atoms with E-state index in [2.05, 4.69) is 10.3 Å². The van der Waals surface area contributed by atoms with Gasteiger partial charge in [0.25, 0.3) is 5.91 Å². The SMILES string of the molecule is O=C(N[C@@H]1Cc2ccccc2[C@H]1CS(=O)(=O)CCO)c1cc2cc(F)ccc2[nH]1. The second-order valence-corrected chi connectivity index (χ2v) is 9.57. The van der Waals surface area contributed by atoms with Crippen LogP contribution in [0.4, 0.5) is 4.39 Å². The molecule has 0 fully saturated rings. The number of benzene rings is 2. The number of hydrogen-bond acceptors (Lipinski definition) is 4. The molecule has 29 heavy (non-hydrogen) atoms. The van der Waals surface area contributed by atoms with E-state index in [0.717, 1.165) is 11.1 Å². The van der Waals surface area contributed by atoms with Crippen molar-refractivity contribution in [1.82, 2.24) is 10.3 Å². The van der Waals surface area contributed by atoms with E-state index in [0.29, 0.717) is 23.0 Å². The fourth-order valence-electron chi connectivity index (χ4n) is 4.00. The number of aromatic nitrogens is 1. The topological polar surface area (TPSA) is 99.3 Å². The molecule has 0 aliphatic heterocycles. The summed E-state index contributed by atoms with van der Waals surface area (Å²) >= 11 is 0. The van der Waals surface area contributed by atoms with Gasteiger partial charge >= 0.3 is 0 Å². The van der Waals surface area contributed by atoms with Crippen LogP contribution in [-0.2, 0) is 16.3 Å². The third-order valence-electron chi connectivity index (χ3n) is 5.36. The number of sulfone groups is 1. The Morgan fingerprint density at radius 2 is 2.00 bits per heavy atom. The average molecular weight is 416 g/mol. The van der Waals surface area contributed by atoms with Crippen LogP contribution in [0.25, 0.3) is 10.9 Å². The molecule has 0 saturated carbocycles. The number of halogens is 1. The number of carbonyl (C=O) groups excluding carboxylic acids is 1. The van der Waals surface area contributed by atoms with Gasteiger partial charge in [-0.1, -0.05) is 24.3 Å². The maximum atomic E-state index is 13.4. The molecule has 1 heterocycles. The molecule has 1 aliphatic rings. The molecule has 1 aliphatic carbocycles. The lowest BCUT2D eigenvalue weighted by Crippen LogP contribution is -2.40. The van der Waals surface area contributed by atoms with Crippen LogP contribution in [0.15, 0.2) is 48.5 Å². The van der Waals surface area contributed by atoms with E-state index in [1.807, 2.05) is 24.3 Å². The molecule has 8 heteroatoms. The highest BCUT2D eigenvalue weighted by Gasteiger charge is 2.36. The summed E-state index contributed by atoms with van der Waals surface area (Å²) < 4.78 is 38.1. The summed E-state index contributed by atoms with van der Waals surface area (Å²) in [7, 11) is -3.47. The zero-order chi connectivity index (χ0) is 20.6. The summed E-state index contributed by atoms with van der Waals surface area (Å²) in [4.78, 5) is 15.8. The van der Waals surface area contributed by atoms with Gasteiger partial charge < -0.3 is 15.4 Å². The summed E-state index contributed by atoms with van der Waals surface area (Å²) in [6, 6.07) is 13.0. The van der Waals surface area contributed by atoms with Gasteiger partial charge in [-0.05, 0) is 41.8 Å². The Labute approximate surface area is 167 Å². The molecule has 0 saturated heterocycles. The summed E-state index contributed by atoms with van der Waals surface area (Å²) in [5.74, 6) is -1.60. The molecule has 0 bridgehead atoms. The monoisotopic (exact) mass is 416 g/mol.